The molecular formula is C30H34Cl2N4O7S. The van der Waals surface area contributed by atoms with Gasteiger partial charge >= 0.3 is 0 Å². The third-order valence-electron chi connectivity index (χ3n) is 6.62. The Labute approximate surface area is 266 Å². The van der Waals surface area contributed by atoms with E-state index in [1.807, 2.05) is 0 Å². The first-order valence-corrected chi connectivity index (χ1v) is 15.6. The number of amides is 2. The molecule has 0 radical (unpaired) electrons. The minimum absolute atomic E-state index is 0.0727. The molecular weight excluding hydrogens is 631 g/mol. The van der Waals surface area contributed by atoms with E-state index in [1.165, 1.54) is 56.2 Å². The molecule has 0 aliphatic rings. The van der Waals surface area contributed by atoms with E-state index in [0.717, 1.165) is 10.4 Å². The minimum Gasteiger partial charge on any atom is -0.495 e. The molecule has 3 aromatic rings. The van der Waals surface area contributed by atoms with Crippen molar-refractivity contribution >= 4 is 56.4 Å². The predicted octanol–water partition coefficient (Wildman–Crippen LogP) is 5.75. The van der Waals surface area contributed by atoms with E-state index in [0.29, 0.717) is 10.6 Å². The highest BCUT2D eigenvalue weighted by molar-refractivity contribution is 7.92. The van der Waals surface area contributed by atoms with Gasteiger partial charge in [-0.2, -0.15) is 0 Å². The van der Waals surface area contributed by atoms with Crippen LogP contribution in [-0.2, 0) is 26.2 Å². The Morgan fingerprint density at radius 2 is 1.73 bits per heavy atom. The number of aryl methyl sites for hydroxylation is 1. The summed E-state index contributed by atoms with van der Waals surface area (Å²) in [5, 5.41) is 15.0. The number of hydrogen-bond acceptors (Lipinski definition) is 7. The summed E-state index contributed by atoms with van der Waals surface area (Å²) in [7, 11) is -3.33. The number of nitrogens with one attached hydrogen (secondary N) is 1. The fraction of sp³-hybridized carbons (Fsp3) is 0.333. The highest BCUT2D eigenvalue weighted by atomic mass is 35.5. The Morgan fingerprint density at radius 1 is 1.07 bits per heavy atom. The fourth-order valence-corrected chi connectivity index (χ4v) is 6.11. The topological polar surface area (TPSA) is 139 Å². The lowest BCUT2D eigenvalue weighted by molar-refractivity contribution is -0.385. The van der Waals surface area contributed by atoms with Crippen molar-refractivity contribution in [3.8, 4) is 5.75 Å². The molecule has 3 rings (SSSR count). The molecule has 1 atom stereocenters. The Morgan fingerprint density at radius 3 is 2.32 bits per heavy atom. The van der Waals surface area contributed by atoms with Gasteiger partial charge in [0.15, 0.2) is 0 Å². The number of nitro groups is 1. The average Bonchev–Trinajstić information content (AvgIpc) is 2.94. The summed E-state index contributed by atoms with van der Waals surface area (Å²) in [6.45, 7) is 7.45. The van der Waals surface area contributed by atoms with Crippen LogP contribution in [0.15, 0.2) is 65.6 Å². The van der Waals surface area contributed by atoms with Gasteiger partial charge in [0.1, 0.15) is 18.3 Å². The number of rotatable bonds is 11. The molecule has 236 valence electrons. The van der Waals surface area contributed by atoms with Crippen LogP contribution in [0.4, 0.5) is 11.4 Å². The van der Waals surface area contributed by atoms with Crippen molar-refractivity contribution < 1.29 is 27.7 Å². The van der Waals surface area contributed by atoms with Crippen molar-refractivity contribution in [3.63, 3.8) is 0 Å². The lowest BCUT2D eigenvalue weighted by atomic mass is 10.1. The van der Waals surface area contributed by atoms with Crippen molar-refractivity contribution in [1.82, 2.24) is 10.2 Å². The first-order chi connectivity index (χ1) is 20.5. The van der Waals surface area contributed by atoms with Gasteiger partial charge in [0.2, 0.25) is 11.8 Å². The van der Waals surface area contributed by atoms with Gasteiger partial charge in [-0.3, -0.25) is 24.0 Å². The van der Waals surface area contributed by atoms with Gasteiger partial charge in [-0.1, -0.05) is 47.5 Å². The monoisotopic (exact) mass is 664 g/mol. The summed E-state index contributed by atoms with van der Waals surface area (Å²) in [5.41, 5.74) is -0.332. The quantitative estimate of drug-likeness (QED) is 0.203. The molecule has 2 amide bonds. The van der Waals surface area contributed by atoms with Gasteiger partial charge in [0, 0.05) is 33.8 Å². The molecule has 44 heavy (non-hydrogen) atoms. The Kier molecular flexibility index (Phi) is 10.9. The fourth-order valence-electron chi connectivity index (χ4n) is 4.31. The van der Waals surface area contributed by atoms with Crippen LogP contribution in [0.25, 0.3) is 0 Å². The maximum absolute atomic E-state index is 14.2. The largest absolute Gasteiger partial charge is 0.495 e. The van der Waals surface area contributed by atoms with Crippen LogP contribution in [0, 0.1) is 17.0 Å². The second kappa shape index (κ2) is 13.8. The number of anilines is 1. The molecule has 14 heteroatoms. The lowest BCUT2D eigenvalue weighted by Crippen LogP contribution is -2.54. The van der Waals surface area contributed by atoms with E-state index >= 15 is 0 Å². The molecule has 1 unspecified atom stereocenters. The SMILES string of the molecule is COc1ccc(Cl)cc1N(CC(=O)N(Cc1ccccc1Cl)C(C)C(=O)NC(C)(C)C)S(=O)(=O)c1ccc(C)c([N+](=O)[O-])c1. The minimum atomic E-state index is -4.64. The number of carbonyl (C=O) groups excluding carboxylic acids is 2. The van der Waals surface area contributed by atoms with Crippen LogP contribution in [0.5, 0.6) is 5.75 Å². The summed E-state index contributed by atoms with van der Waals surface area (Å²) in [4.78, 5) is 39.2. The van der Waals surface area contributed by atoms with Crippen LogP contribution < -0.4 is 14.4 Å². The summed E-state index contributed by atoms with van der Waals surface area (Å²) < 4.78 is 34.6. The zero-order valence-corrected chi connectivity index (χ0v) is 27.5. The highest BCUT2D eigenvalue weighted by Crippen LogP contribution is 2.36. The molecule has 0 heterocycles. The van der Waals surface area contributed by atoms with Gasteiger partial charge in [-0.25, -0.2) is 8.42 Å². The van der Waals surface area contributed by atoms with Crippen LogP contribution in [0.1, 0.15) is 38.8 Å². The number of halogens is 2. The van der Waals surface area contributed by atoms with E-state index in [1.54, 1.807) is 45.0 Å². The Balaban J connectivity index is 2.18. The molecule has 3 aromatic carbocycles. The second-order valence-electron chi connectivity index (χ2n) is 11.1. The number of hydrogen-bond donors (Lipinski definition) is 1. The molecule has 0 fully saturated rings. The van der Waals surface area contributed by atoms with Gasteiger partial charge in [-0.15, -0.1) is 0 Å². The summed E-state index contributed by atoms with van der Waals surface area (Å²) in [6.07, 6.45) is 0. The number of nitrogens with zero attached hydrogens (tertiary/aromatic N) is 3. The Bertz CT molecular complexity index is 1680. The van der Waals surface area contributed by atoms with Crippen LogP contribution in [0.3, 0.4) is 0 Å². The molecule has 0 aliphatic carbocycles. The number of carbonyl (C=O) groups is 2. The number of methoxy groups -OCH3 is 1. The standard InChI is InChI=1S/C30H34Cl2N4O7S/c1-19-11-13-23(16-25(19)36(39)40)44(41,42)35(26-15-22(31)12-14-27(26)43-6)18-28(37)34(17-21-9-7-8-10-24(21)32)20(2)29(38)33-30(3,4)5/h7-16,20H,17-18H2,1-6H3,(H,33,38). The van der Waals surface area contributed by atoms with Crippen molar-refractivity contribution in [2.75, 3.05) is 18.0 Å². The van der Waals surface area contributed by atoms with E-state index in [4.69, 9.17) is 27.9 Å². The third-order valence-corrected chi connectivity index (χ3v) is 8.98. The van der Waals surface area contributed by atoms with Crippen LogP contribution in [0.2, 0.25) is 10.0 Å². The van der Waals surface area contributed by atoms with Crippen LogP contribution >= 0.6 is 23.2 Å². The lowest BCUT2D eigenvalue weighted by Gasteiger charge is -2.34. The smallest absolute Gasteiger partial charge is 0.273 e. The normalized spacial score (nSPS) is 12.3. The molecule has 0 saturated heterocycles. The summed E-state index contributed by atoms with van der Waals surface area (Å²) in [5.74, 6) is -1.15. The maximum Gasteiger partial charge on any atom is 0.273 e. The van der Waals surface area contributed by atoms with E-state index < -0.39 is 55.5 Å². The number of benzene rings is 3. The van der Waals surface area contributed by atoms with Gasteiger partial charge in [0.05, 0.1) is 22.6 Å². The van der Waals surface area contributed by atoms with E-state index in [9.17, 15) is 28.1 Å². The number of sulfonamides is 1. The zero-order valence-electron chi connectivity index (χ0n) is 25.1. The molecule has 0 aliphatic heterocycles. The number of ether oxygens (including phenoxy) is 1. The van der Waals surface area contributed by atoms with E-state index in [-0.39, 0.29) is 28.6 Å². The predicted molar refractivity (Wildman–Crippen MR) is 170 cm³/mol. The maximum atomic E-state index is 14.2. The molecule has 1 N–H and O–H groups in total. The van der Waals surface area contributed by atoms with Crippen LogP contribution in [-0.4, -0.2) is 55.3 Å². The second-order valence-corrected chi connectivity index (χ2v) is 13.8. The first-order valence-electron chi connectivity index (χ1n) is 13.4. The van der Waals surface area contributed by atoms with E-state index in [2.05, 4.69) is 5.32 Å². The average molecular weight is 666 g/mol. The number of nitro benzene ring substituents is 1. The van der Waals surface area contributed by atoms with Gasteiger partial charge in [-0.05, 0) is 70.5 Å². The highest BCUT2D eigenvalue weighted by Gasteiger charge is 2.35. The van der Waals surface area contributed by atoms with Crippen molar-refractivity contribution in [1.29, 1.82) is 0 Å². The molecule has 0 aromatic heterocycles. The third kappa shape index (κ3) is 8.19. The molecule has 0 saturated carbocycles. The first kappa shape index (κ1) is 34.6. The van der Waals surface area contributed by atoms with Gasteiger partial charge in [0.25, 0.3) is 15.7 Å². The summed E-state index contributed by atoms with van der Waals surface area (Å²) in [6, 6.07) is 13.4. The molecule has 0 bridgehead atoms. The van der Waals surface area contributed by atoms with Crippen molar-refractivity contribution in [2.24, 2.45) is 0 Å². The van der Waals surface area contributed by atoms with Crippen molar-refractivity contribution in [3.05, 3.63) is 92.0 Å². The van der Waals surface area contributed by atoms with Gasteiger partial charge < -0.3 is 15.0 Å². The van der Waals surface area contributed by atoms with Crippen molar-refractivity contribution in [2.45, 2.75) is 57.6 Å². The Hall–Kier alpha value is -3.87. The molecule has 0 spiro atoms. The zero-order chi connectivity index (χ0) is 33.0. The summed E-state index contributed by atoms with van der Waals surface area (Å²) >= 11 is 12.6. The molecule has 11 nitrogen and oxygen atoms in total.